The lowest BCUT2D eigenvalue weighted by molar-refractivity contribution is -0.161. The van der Waals surface area contributed by atoms with Gasteiger partial charge in [0.1, 0.15) is 6.61 Å². The predicted octanol–water partition coefficient (Wildman–Crippen LogP) is 15.8. The molecular weight excluding hydrogens is 748 g/mol. The average Bonchev–Trinajstić information content (AvgIpc) is 3.20. The summed E-state index contributed by atoms with van der Waals surface area (Å²) in [6.45, 7) is 5.51. The SMILES string of the molecule is CCCCCCCC/C=C\CCCCCCCCCCCC(=O)OC[C@H](COP(=O)(O)OCC)OC(=O)CCCCCCCCCCC/C=C\CCCCCCCC. The summed E-state index contributed by atoms with van der Waals surface area (Å²) in [5, 5.41) is 0. The molecule has 0 fully saturated rings. The van der Waals surface area contributed by atoms with Gasteiger partial charge in [-0.1, -0.05) is 192 Å². The van der Waals surface area contributed by atoms with Crippen molar-refractivity contribution in [2.45, 2.75) is 258 Å². The number of phosphoric acid groups is 1. The van der Waals surface area contributed by atoms with Gasteiger partial charge in [0.15, 0.2) is 6.10 Å². The fourth-order valence-corrected chi connectivity index (χ4v) is 7.85. The Balaban J connectivity index is 3.99. The molecule has 342 valence electrons. The standard InChI is InChI=1S/C49H93O8P/c1-4-7-9-11-13-15-17-19-21-23-25-27-29-31-33-35-37-39-41-43-48(50)54-45-47(46-56-58(52,53)55-6-3)57-49(51)44-42-40-38-36-34-32-30-28-26-24-22-20-18-16-14-12-10-8-5-2/h19-22,47H,4-18,23-46H2,1-3H3,(H,52,53)/b21-19-,22-20-/t47-/m1/s1. The van der Waals surface area contributed by atoms with Crippen LogP contribution in [-0.2, 0) is 32.7 Å². The van der Waals surface area contributed by atoms with E-state index in [1.165, 1.54) is 180 Å². The summed E-state index contributed by atoms with van der Waals surface area (Å²) in [5.41, 5.74) is 0. The fourth-order valence-electron chi connectivity index (χ4n) is 7.09. The van der Waals surface area contributed by atoms with E-state index in [2.05, 4.69) is 38.2 Å². The van der Waals surface area contributed by atoms with Crippen molar-refractivity contribution < 1.29 is 37.6 Å². The molecule has 0 aliphatic carbocycles. The van der Waals surface area contributed by atoms with Gasteiger partial charge in [-0.2, -0.15) is 0 Å². The summed E-state index contributed by atoms with van der Waals surface area (Å²) in [6, 6.07) is 0. The Bertz CT molecular complexity index is 999. The highest BCUT2D eigenvalue weighted by Gasteiger charge is 2.25. The highest BCUT2D eigenvalue weighted by Crippen LogP contribution is 2.43. The lowest BCUT2D eigenvalue weighted by Crippen LogP contribution is -2.29. The third-order valence-corrected chi connectivity index (χ3v) is 11.8. The largest absolute Gasteiger partial charge is 0.472 e. The van der Waals surface area contributed by atoms with Crippen LogP contribution >= 0.6 is 7.82 Å². The molecule has 0 rings (SSSR count). The molecule has 0 heterocycles. The molecule has 0 aromatic rings. The fraction of sp³-hybridized carbons (Fsp3) is 0.878. The molecule has 0 saturated carbocycles. The maximum absolute atomic E-state index is 12.6. The van der Waals surface area contributed by atoms with Gasteiger partial charge in [-0.25, -0.2) is 4.57 Å². The van der Waals surface area contributed by atoms with E-state index in [1.807, 2.05) is 0 Å². The van der Waals surface area contributed by atoms with E-state index in [0.29, 0.717) is 12.8 Å². The van der Waals surface area contributed by atoms with Crippen LogP contribution in [0.1, 0.15) is 252 Å². The van der Waals surface area contributed by atoms with Crippen LogP contribution in [0.15, 0.2) is 24.3 Å². The van der Waals surface area contributed by atoms with Crippen molar-refractivity contribution in [2.24, 2.45) is 0 Å². The third-order valence-electron chi connectivity index (χ3n) is 10.7. The molecule has 0 saturated heterocycles. The minimum Gasteiger partial charge on any atom is -0.462 e. The van der Waals surface area contributed by atoms with Crippen LogP contribution in [0, 0.1) is 0 Å². The van der Waals surface area contributed by atoms with Crippen molar-refractivity contribution in [2.75, 3.05) is 19.8 Å². The van der Waals surface area contributed by atoms with Gasteiger partial charge in [-0.05, 0) is 71.1 Å². The molecule has 0 aromatic heterocycles. The number of ether oxygens (including phenoxy) is 2. The van der Waals surface area contributed by atoms with Gasteiger partial charge in [-0.15, -0.1) is 0 Å². The van der Waals surface area contributed by atoms with Gasteiger partial charge < -0.3 is 14.4 Å². The molecule has 9 heteroatoms. The number of esters is 2. The summed E-state index contributed by atoms with van der Waals surface area (Å²) in [7, 11) is -4.28. The first-order valence-corrected chi connectivity index (χ1v) is 26.1. The maximum atomic E-state index is 12.6. The zero-order chi connectivity index (χ0) is 42.5. The normalized spacial score (nSPS) is 13.4. The maximum Gasteiger partial charge on any atom is 0.472 e. The topological polar surface area (TPSA) is 108 Å². The third kappa shape index (κ3) is 44.1. The summed E-state index contributed by atoms with van der Waals surface area (Å²) >= 11 is 0. The van der Waals surface area contributed by atoms with Crippen LogP contribution in [-0.4, -0.2) is 42.8 Å². The second-order valence-electron chi connectivity index (χ2n) is 16.5. The molecule has 1 unspecified atom stereocenters. The Morgan fingerprint density at radius 1 is 0.448 bits per heavy atom. The van der Waals surface area contributed by atoms with E-state index in [-0.39, 0.29) is 25.6 Å². The molecule has 1 N–H and O–H groups in total. The predicted molar refractivity (Wildman–Crippen MR) is 244 cm³/mol. The molecule has 8 nitrogen and oxygen atoms in total. The quantitative estimate of drug-likeness (QED) is 0.0279. The minimum absolute atomic E-state index is 0.00146. The van der Waals surface area contributed by atoms with Gasteiger partial charge in [-0.3, -0.25) is 18.6 Å². The van der Waals surface area contributed by atoms with E-state index in [4.69, 9.17) is 18.5 Å². The first-order chi connectivity index (χ1) is 28.3. The van der Waals surface area contributed by atoms with Crippen LogP contribution in [0.2, 0.25) is 0 Å². The van der Waals surface area contributed by atoms with Crippen LogP contribution in [0.3, 0.4) is 0 Å². The molecule has 0 amide bonds. The smallest absolute Gasteiger partial charge is 0.462 e. The Hall–Kier alpha value is -1.47. The van der Waals surface area contributed by atoms with Gasteiger partial charge >= 0.3 is 19.8 Å². The molecule has 2 atom stereocenters. The Labute approximate surface area is 358 Å². The van der Waals surface area contributed by atoms with E-state index in [0.717, 1.165) is 32.1 Å². The minimum atomic E-state index is -4.28. The molecule has 0 aliphatic heterocycles. The molecule has 0 bridgehead atoms. The van der Waals surface area contributed by atoms with E-state index < -0.39 is 26.5 Å². The molecule has 58 heavy (non-hydrogen) atoms. The number of carbonyl (C=O) groups is 2. The Morgan fingerprint density at radius 3 is 1.14 bits per heavy atom. The lowest BCUT2D eigenvalue weighted by Gasteiger charge is -2.19. The number of phosphoric ester groups is 1. The van der Waals surface area contributed by atoms with Crippen molar-refractivity contribution in [1.29, 1.82) is 0 Å². The number of allylic oxidation sites excluding steroid dienone is 4. The van der Waals surface area contributed by atoms with Crippen molar-refractivity contribution in [3.63, 3.8) is 0 Å². The van der Waals surface area contributed by atoms with E-state index in [9.17, 15) is 19.0 Å². The van der Waals surface area contributed by atoms with Gasteiger partial charge in [0.05, 0.1) is 13.2 Å². The zero-order valence-corrected chi connectivity index (χ0v) is 39.1. The van der Waals surface area contributed by atoms with Crippen molar-refractivity contribution in [3.8, 4) is 0 Å². The lowest BCUT2D eigenvalue weighted by atomic mass is 10.1. The summed E-state index contributed by atoms with van der Waals surface area (Å²) in [6.07, 6.45) is 50.9. The molecule has 0 aliphatic rings. The van der Waals surface area contributed by atoms with Gasteiger partial charge in [0.2, 0.25) is 0 Å². The van der Waals surface area contributed by atoms with Crippen LogP contribution in [0.25, 0.3) is 0 Å². The highest BCUT2D eigenvalue weighted by atomic mass is 31.2. The van der Waals surface area contributed by atoms with Crippen molar-refractivity contribution in [3.05, 3.63) is 24.3 Å². The van der Waals surface area contributed by atoms with E-state index in [1.54, 1.807) is 6.92 Å². The monoisotopic (exact) mass is 841 g/mol. The van der Waals surface area contributed by atoms with Crippen LogP contribution in [0.4, 0.5) is 0 Å². The zero-order valence-electron chi connectivity index (χ0n) is 38.2. The van der Waals surface area contributed by atoms with E-state index >= 15 is 0 Å². The Kier molecular flexibility index (Phi) is 43.9. The number of hydrogen-bond acceptors (Lipinski definition) is 7. The van der Waals surface area contributed by atoms with Crippen LogP contribution < -0.4 is 0 Å². The van der Waals surface area contributed by atoms with Crippen molar-refractivity contribution in [1.82, 2.24) is 0 Å². The summed E-state index contributed by atoms with van der Waals surface area (Å²) in [5.74, 6) is -0.791. The van der Waals surface area contributed by atoms with Gasteiger partial charge in [0, 0.05) is 12.8 Å². The summed E-state index contributed by atoms with van der Waals surface area (Å²) < 4.78 is 32.8. The molecule has 0 radical (unpaired) electrons. The average molecular weight is 841 g/mol. The van der Waals surface area contributed by atoms with Crippen LogP contribution in [0.5, 0.6) is 0 Å². The Morgan fingerprint density at radius 2 is 0.776 bits per heavy atom. The second kappa shape index (κ2) is 45.1. The molecular formula is C49H93O8P. The number of carbonyl (C=O) groups excluding carboxylic acids is 2. The number of rotatable bonds is 46. The number of unbranched alkanes of at least 4 members (excludes halogenated alkanes) is 30. The van der Waals surface area contributed by atoms with Crippen molar-refractivity contribution >= 4 is 19.8 Å². The van der Waals surface area contributed by atoms with Gasteiger partial charge in [0.25, 0.3) is 0 Å². The second-order valence-corrected chi connectivity index (χ2v) is 17.9. The summed E-state index contributed by atoms with van der Waals surface area (Å²) in [4.78, 5) is 34.9. The first-order valence-electron chi connectivity index (χ1n) is 24.6. The number of hydrogen-bond donors (Lipinski definition) is 1. The molecule has 0 aromatic carbocycles. The highest BCUT2D eigenvalue weighted by molar-refractivity contribution is 7.47. The molecule has 0 spiro atoms. The first kappa shape index (κ1) is 56.5.